The molecule has 0 amide bonds. The molecule has 0 aliphatic carbocycles. The monoisotopic (exact) mass is 439 g/mol. The van der Waals surface area contributed by atoms with E-state index in [-0.39, 0.29) is 10.7 Å². The van der Waals surface area contributed by atoms with Crippen LogP contribution in [0.15, 0.2) is 18.2 Å². The summed E-state index contributed by atoms with van der Waals surface area (Å²) >= 11 is 12.5. The van der Waals surface area contributed by atoms with Crippen LogP contribution in [0.3, 0.4) is 0 Å². The number of nitrogens with one attached hydrogen (secondary N) is 1. The number of carbonyl (C=O) groups is 1. The summed E-state index contributed by atoms with van der Waals surface area (Å²) in [6, 6.07) is 5.44. The highest BCUT2D eigenvalue weighted by atomic mass is 35.5. The van der Waals surface area contributed by atoms with Gasteiger partial charge in [0.25, 0.3) is 0 Å². The maximum absolute atomic E-state index is 12.3. The number of halogens is 2. The fourth-order valence-electron chi connectivity index (χ4n) is 2.99. The Hall–Kier alpha value is -2.29. The van der Waals surface area contributed by atoms with Gasteiger partial charge in [0.1, 0.15) is 17.1 Å². The van der Waals surface area contributed by atoms with E-state index >= 15 is 0 Å². The van der Waals surface area contributed by atoms with Crippen LogP contribution in [0.25, 0.3) is 0 Å². The molecule has 1 aliphatic heterocycles. The van der Waals surface area contributed by atoms with E-state index < -0.39 is 5.97 Å². The Labute approximate surface area is 179 Å². The van der Waals surface area contributed by atoms with Crippen LogP contribution in [-0.4, -0.2) is 68.3 Å². The summed E-state index contributed by atoms with van der Waals surface area (Å²) in [5.41, 5.74) is 0.995. The van der Waals surface area contributed by atoms with Gasteiger partial charge in [-0.25, -0.2) is 4.79 Å². The topological polar surface area (TPSA) is 79.8 Å². The second kappa shape index (κ2) is 9.47. The number of ether oxygens (including phenoxy) is 2. The average molecular weight is 440 g/mol. The first kappa shape index (κ1) is 21.4. The maximum Gasteiger partial charge on any atom is 0.344 e. The normalized spacial score (nSPS) is 14.6. The lowest BCUT2D eigenvalue weighted by Crippen LogP contribution is -2.45. The molecule has 0 atom stereocenters. The molecule has 2 aromatic rings. The van der Waals surface area contributed by atoms with Crippen molar-refractivity contribution in [2.45, 2.75) is 6.54 Å². The van der Waals surface area contributed by atoms with Crippen molar-refractivity contribution in [3.05, 3.63) is 39.5 Å². The van der Waals surface area contributed by atoms with E-state index in [9.17, 15) is 4.79 Å². The predicted octanol–water partition coefficient (Wildman–Crippen LogP) is 2.94. The van der Waals surface area contributed by atoms with Crippen molar-refractivity contribution >= 4 is 40.9 Å². The van der Waals surface area contributed by atoms with Gasteiger partial charge in [-0.2, -0.15) is 9.97 Å². The van der Waals surface area contributed by atoms with E-state index in [1.165, 1.54) is 7.11 Å². The summed E-state index contributed by atoms with van der Waals surface area (Å²) in [6.45, 7) is 3.72. The molecule has 0 unspecified atom stereocenters. The van der Waals surface area contributed by atoms with Crippen molar-refractivity contribution in [1.29, 1.82) is 0 Å². The van der Waals surface area contributed by atoms with Gasteiger partial charge < -0.3 is 24.6 Å². The number of likely N-dealkylation sites (N-methyl/N-ethyl adjacent to an activating group) is 1. The van der Waals surface area contributed by atoms with Crippen molar-refractivity contribution in [2.24, 2.45) is 0 Å². The Morgan fingerprint density at radius 1 is 1.17 bits per heavy atom. The molecule has 3 rings (SSSR count). The first-order valence-corrected chi connectivity index (χ1v) is 9.84. The van der Waals surface area contributed by atoms with Crippen LogP contribution >= 0.6 is 23.2 Å². The van der Waals surface area contributed by atoms with Crippen LogP contribution in [-0.2, 0) is 11.3 Å². The smallest absolute Gasteiger partial charge is 0.344 e. The van der Waals surface area contributed by atoms with Crippen LogP contribution in [0, 0.1) is 0 Å². The predicted molar refractivity (Wildman–Crippen MR) is 113 cm³/mol. The van der Waals surface area contributed by atoms with Gasteiger partial charge in [-0.3, -0.25) is 0 Å². The molecule has 1 aliphatic rings. The quantitative estimate of drug-likeness (QED) is 0.543. The van der Waals surface area contributed by atoms with E-state index in [0.29, 0.717) is 29.1 Å². The van der Waals surface area contributed by atoms with Gasteiger partial charge in [0.05, 0.1) is 19.2 Å². The highest BCUT2D eigenvalue weighted by Gasteiger charge is 2.24. The van der Waals surface area contributed by atoms with E-state index in [4.69, 9.17) is 32.7 Å². The number of esters is 1. The molecule has 1 fully saturated rings. The number of hydrogen-bond donors (Lipinski definition) is 1. The number of aromatic nitrogens is 2. The minimum atomic E-state index is -0.602. The first-order valence-electron chi connectivity index (χ1n) is 9.08. The molecular formula is C19H23Cl2N5O3. The first-order chi connectivity index (χ1) is 13.9. The van der Waals surface area contributed by atoms with E-state index in [0.717, 1.165) is 31.7 Å². The van der Waals surface area contributed by atoms with Crippen LogP contribution < -0.4 is 15.0 Å². The van der Waals surface area contributed by atoms with Gasteiger partial charge in [-0.15, -0.1) is 0 Å². The fourth-order valence-corrected chi connectivity index (χ4v) is 3.51. The minimum Gasteiger partial charge on any atom is -0.495 e. The van der Waals surface area contributed by atoms with Gasteiger partial charge >= 0.3 is 5.97 Å². The Balaban J connectivity index is 1.87. The number of carbonyl (C=O) groups excluding carboxylic acids is 1. The van der Waals surface area contributed by atoms with Crippen LogP contribution in [0.4, 0.5) is 11.8 Å². The number of anilines is 2. The van der Waals surface area contributed by atoms with E-state index in [1.807, 2.05) is 11.0 Å². The molecule has 29 heavy (non-hydrogen) atoms. The van der Waals surface area contributed by atoms with Crippen LogP contribution in [0.5, 0.6) is 5.75 Å². The number of piperazine rings is 1. The Morgan fingerprint density at radius 2 is 1.90 bits per heavy atom. The highest BCUT2D eigenvalue weighted by molar-refractivity contribution is 6.33. The average Bonchev–Trinajstić information content (AvgIpc) is 2.72. The highest BCUT2D eigenvalue weighted by Crippen LogP contribution is 2.28. The van der Waals surface area contributed by atoms with E-state index in [2.05, 4.69) is 27.2 Å². The molecule has 2 heterocycles. The molecule has 0 saturated carbocycles. The molecule has 0 bridgehead atoms. The molecule has 156 valence electrons. The summed E-state index contributed by atoms with van der Waals surface area (Å²) in [4.78, 5) is 25.4. The Bertz CT molecular complexity index is 888. The largest absolute Gasteiger partial charge is 0.495 e. The van der Waals surface area contributed by atoms with Crippen molar-refractivity contribution in [3.63, 3.8) is 0 Å². The summed E-state index contributed by atoms with van der Waals surface area (Å²) in [7, 11) is 4.92. The molecule has 0 spiro atoms. The second-order valence-corrected chi connectivity index (χ2v) is 7.41. The standard InChI is InChI=1S/C19H23Cl2N5O3/c1-25-6-8-26(9-7-25)19-23-16(21)15(18(27)29-3)17(24-19)22-11-12-4-5-14(28-2)13(20)10-12/h4-5,10H,6-9,11H2,1-3H3,(H,22,23,24). The van der Waals surface area contributed by atoms with Gasteiger partial charge in [0.15, 0.2) is 5.15 Å². The molecule has 1 N–H and O–H groups in total. The zero-order valence-electron chi connectivity index (χ0n) is 16.5. The Kier molecular flexibility index (Phi) is 7.00. The van der Waals surface area contributed by atoms with Crippen molar-refractivity contribution < 1.29 is 14.3 Å². The number of hydrogen-bond acceptors (Lipinski definition) is 8. The van der Waals surface area contributed by atoms with Crippen molar-refractivity contribution in [1.82, 2.24) is 14.9 Å². The number of benzene rings is 1. The van der Waals surface area contributed by atoms with Crippen LogP contribution in [0.2, 0.25) is 10.2 Å². The third kappa shape index (κ3) is 5.01. The minimum absolute atomic E-state index is 0.0519. The van der Waals surface area contributed by atoms with Crippen molar-refractivity contribution in [3.8, 4) is 5.75 Å². The number of nitrogens with zero attached hydrogens (tertiary/aromatic N) is 4. The molecule has 8 nitrogen and oxygen atoms in total. The SMILES string of the molecule is COC(=O)c1c(Cl)nc(N2CCN(C)CC2)nc1NCc1ccc(OC)c(Cl)c1. The van der Waals surface area contributed by atoms with Gasteiger partial charge in [0.2, 0.25) is 5.95 Å². The molecule has 10 heteroatoms. The van der Waals surface area contributed by atoms with Crippen molar-refractivity contribution in [2.75, 3.05) is 57.7 Å². The van der Waals surface area contributed by atoms with Crippen LogP contribution in [0.1, 0.15) is 15.9 Å². The Morgan fingerprint density at radius 3 is 2.52 bits per heavy atom. The molecule has 1 saturated heterocycles. The summed E-state index contributed by atoms with van der Waals surface area (Å²) in [6.07, 6.45) is 0. The summed E-state index contributed by atoms with van der Waals surface area (Å²) < 4.78 is 10.0. The fraction of sp³-hybridized carbons (Fsp3) is 0.421. The lowest BCUT2D eigenvalue weighted by Gasteiger charge is -2.32. The van der Waals surface area contributed by atoms with Gasteiger partial charge in [-0.05, 0) is 24.7 Å². The molecular weight excluding hydrogens is 417 g/mol. The zero-order valence-corrected chi connectivity index (χ0v) is 18.0. The second-order valence-electron chi connectivity index (χ2n) is 6.64. The van der Waals surface area contributed by atoms with E-state index in [1.54, 1.807) is 19.2 Å². The third-order valence-electron chi connectivity index (χ3n) is 4.70. The number of rotatable bonds is 6. The molecule has 1 aromatic heterocycles. The summed E-state index contributed by atoms with van der Waals surface area (Å²) in [5.74, 6) is 0.784. The maximum atomic E-state index is 12.3. The zero-order chi connectivity index (χ0) is 21.0. The lowest BCUT2D eigenvalue weighted by atomic mass is 10.2. The van der Waals surface area contributed by atoms with Gasteiger partial charge in [0, 0.05) is 32.7 Å². The van der Waals surface area contributed by atoms with Gasteiger partial charge in [-0.1, -0.05) is 29.3 Å². The summed E-state index contributed by atoms with van der Waals surface area (Å²) in [5, 5.41) is 3.72. The lowest BCUT2D eigenvalue weighted by molar-refractivity contribution is 0.0601. The molecule has 1 aromatic carbocycles. The molecule has 0 radical (unpaired) electrons. The third-order valence-corrected chi connectivity index (χ3v) is 5.27. The number of methoxy groups -OCH3 is 2.